The molecule has 0 fully saturated rings. The second kappa shape index (κ2) is 3.30. The first-order valence-corrected chi connectivity index (χ1v) is 6.26. The maximum Gasteiger partial charge on any atom is 0.216 e. The van der Waals surface area contributed by atoms with Gasteiger partial charge in [0.1, 0.15) is 6.54 Å². The predicted molar refractivity (Wildman–Crippen MR) is 70.0 cm³/mol. The Kier molecular flexibility index (Phi) is 1.78. The molecule has 0 aliphatic carbocycles. The summed E-state index contributed by atoms with van der Waals surface area (Å²) in [5.41, 5.74) is 2.94. The Morgan fingerprint density at radius 2 is 1.76 bits per heavy atom. The second-order valence-corrected chi connectivity index (χ2v) is 4.83. The Hall–Kier alpha value is -1.89. The highest BCUT2D eigenvalue weighted by molar-refractivity contribution is 6.04. The molecule has 0 saturated carbocycles. The van der Waals surface area contributed by atoms with Crippen LogP contribution in [0.1, 0.15) is 12.0 Å². The van der Waals surface area contributed by atoms with Crippen molar-refractivity contribution < 1.29 is 4.57 Å². The second-order valence-electron chi connectivity index (χ2n) is 4.83. The summed E-state index contributed by atoms with van der Waals surface area (Å²) < 4.78 is 2.43. The van der Waals surface area contributed by atoms with E-state index in [2.05, 4.69) is 53.2 Å². The van der Waals surface area contributed by atoms with Gasteiger partial charge in [-0.05, 0) is 18.6 Å². The number of nitrogens with zero attached hydrogens (tertiary/aromatic N) is 1. The van der Waals surface area contributed by atoms with Gasteiger partial charge in [0.15, 0.2) is 6.20 Å². The first kappa shape index (κ1) is 9.17. The van der Waals surface area contributed by atoms with Crippen LogP contribution in [-0.4, -0.2) is 0 Å². The first-order chi connectivity index (χ1) is 8.43. The molecule has 2 aromatic carbocycles. The monoisotopic (exact) mass is 220 g/mol. The Balaban J connectivity index is 2.30. The van der Waals surface area contributed by atoms with Crippen molar-refractivity contribution in [3.8, 4) is 0 Å². The van der Waals surface area contributed by atoms with Gasteiger partial charge < -0.3 is 0 Å². The average Bonchev–Trinajstić information content (AvgIpc) is 2.39. The highest BCUT2D eigenvalue weighted by atomic mass is 15.0. The number of rotatable bonds is 0. The molecule has 0 spiro atoms. The van der Waals surface area contributed by atoms with Crippen LogP contribution in [0.3, 0.4) is 0 Å². The molecule has 1 aliphatic rings. The summed E-state index contributed by atoms with van der Waals surface area (Å²) in [6.45, 7) is 1.15. The number of benzene rings is 2. The van der Waals surface area contributed by atoms with Gasteiger partial charge in [-0.3, -0.25) is 0 Å². The highest BCUT2D eigenvalue weighted by Crippen LogP contribution is 2.26. The maximum atomic E-state index is 2.43. The standard InChI is InChI=1S/C16H14N/c1-2-8-14-13(5-1)11-17-10-4-7-12-6-3-9-15(14)16(12)17/h1-3,5-6,8-9,11H,4,7,10H2/q+1. The van der Waals surface area contributed by atoms with Gasteiger partial charge in [0.25, 0.3) is 0 Å². The maximum absolute atomic E-state index is 2.43. The van der Waals surface area contributed by atoms with Crippen molar-refractivity contribution in [3.63, 3.8) is 0 Å². The van der Waals surface area contributed by atoms with E-state index in [4.69, 9.17) is 0 Å². The lowest BCUT2D eigenvalue weighted by Crippen LogP contribution is -2.38. The van der Waals surface area contributed by atoms with Gasteiger partial charge in [0, 0.05) is 22.8 Å². The van der Waals surface area contributed by atoms with E-state index in [1.54, 1.807) is 0 Å². The van der Waals surface area contributed by atoms with Gasteiger partial charge in [-0.15, -0.1) is 0 Å². The van der Waals surface area contributed by atoms with Crippen molar-refractivity contribution in [2.24, 2.45) is 0 Å². The fraction of sp³-hybridized carbons (Fsp3) is 0.188. The molecular formula is C16H14N+. The number of fused-ring (bicyclic) bond motifs is 2. The molecule has 82 valence electrons. The lowest BCUT2D eigenvalue weighted by Gasteiger charge is -2.13. The minimum Gasteiger partial charge on any atom is -0.197 e. The number of aromatic nitrogens is 1. The number of hydrogen-bond donors (Lipinski definition) is 0. The Labute approximate surface area is 100 Å². The molecule has 1 aromatic heterocycles. The van der Waals surface area contributed by atoms with Gasteiger partial charge in [-0.1, -0.05) is 30.3 Å². The van der Waals surface area contributed by atoms with E-state index in [-0.39, 0.29) is 0 Å². The Morgan fingerprint density at radius 3 is 2.76 bits per heavy atom. The summed E-state index contributed by atoms with van der Waals surface area (Å²) in [6, 6.07) is 15.4. The van der Waals surface area contributed by atoms with Gasteiger partial charge in [-0.2, -0.15) is 4.57 Å². The summed E-state index contributed by atoms with van der Waals surface area (Å²) in [5.74, 6) is 0. The number of para-hydroxylation sites is 1. The molecule has 0 amide bonds. The van der Waals surface area contributed by atoms with Crippen LogP contribution in [0.2, 0.25) is 0 Å². The molecule has 1 nitrogen and oxygen atoms in total. The van der Waals surface area contributed by atoms with E-state index in [1.165, 1.54) is 40.1 Å². The Bertz CT molecular complexity index is 728. The van der Waals surface area contributed by atoms with E-state index in [1.807, 2.05) is 0 Å². The topological polar surface area (TPSA) is 3.88 Å². The highest BCUT2D eigenvalue weighted by Gasteiger charge is 2.20. The summed E-state index contributed by atoms with van der Waals surface area (Å²) in [4.78, 5) is 0. The number of pyridine rings is 1. The van der Waals surface area contributed by atoms with Crippen LogP contribution in [0.4, 0.5) is 0 Å². The molecular weight excluding hydrogens is 206 g/mol. The molecule has 2 heterocycles. The van der Waals surface area contributed by atoms with E-state index >= 15 is 0 Å². The van der Waals surface area contributed by atoms with E-state index in [0.29, 0.717) is 0 Å². The third-order valence-corrected chi connectivity index (χ3v) is 3.80. The van der Waals surface area contributed by atoms with Gasteiger partial charge in [0.05, 0.1) is 5.39 Å². The van der Waals surface area contributed by atoms with Gasteiger partial charge in [-0.25, -0.2) is 0 Å². The fourth-order valence-electron chi connectivity index (χ4n) is 3.05. The van der Waals surface area contributed by atoms with Crippen molar-refractivity contribution in [1.29, 1.82) is 0 Å². The largest absolute Gasteiger partial charge is 0.216 e. The van der Waals surface area contributed by atoms with Crippen LogP contribution in [0.5, 0.6) is 0 Å². The lowest BCUT2D eigenvalue weighted by molar-refractivity contribution is -0.673. The number of hydrogen-bond acceptors (Lipinski definition) is 0. The number of aryl methyl sites for hydroxylation is 2. The summed E-state index contributed by atoms with van der Waals surface area (Å²) in [6.07, 6.45) is 4.78. The molecule has 0 N–H and O–H groups in total. The third-order valence-electron chi connectivity index (χ3n) is 3.80. The summed E-state index contributed by atoms with van der Waals surface area (Å²) >= 11 is 0. The normalized spacial score (nSPS) is 14.4. The van der Waals surface area contributed by atoms with E-state index < -0.39 is 0 Å². The summed E-state index contributed by atoms with van der Waals surface area (Å²) in [7, 11) is 0. The molecule has 0 unspecified atom stereocenters. The smallest absolute Gasteiger partial charge is 0.197 e. The van der Waals surface area contributed by atoms with Crippen molar-refractivity contribution >= 4 is 21.7 Å². The lowest BCUT2D eigenvalue weighted by atomic mass is 9.98. The van der Waals surface area contributed by atoms with Crippen LogP contribution in [-0.2, 0) is 13.0 Å². The van der Waals surface area contributed by atoms with Crippen molar-refractivity contribution in [1.82, 2.24) is 0 Å². The molecule has 1 heteroatoms. The van der Waals surface area contributed by atoms with Crippen molar-refractivity contribution in [3.05, 3.63) is 54.2 Å². The molecule has 0 saturated heterocycles. The van der Waals surface area contributed by atoms with Crippen molar-refractivity contribution in [2.75, 3.05) is 0 Å². The third kappa shape index (κ3) is 1.22. The first-order valence-electron chi connectivity index (χ1n) is 6.26. The van der Waals surface area contributed by atoms with Gasteiger partial charge in [0.2, 0.25) is 5.52 Å². The zero-order chi connectivity index (χ0) is 11.2. The molecule has 0 atom stereocenters. The van der Waals surface area contributed by atoms with Crippen LogP contribution in [0.25, 0.3) is 21.7 Å². The molecule has 0 bridgehead atoms. The van der Waals surface area contributed by atoms with Gasteiger partial charge >= 0.3 is 0 Å². The van der Waals surface area contributed by atoms with Crippen LogP contribution in [0.15, 0.2) is 48.7 Å². The zero-order valence-corrected chi connectivity index (χ0v) is 9.69. The summed E-state index contributed by atoms with van der Waals surface area (Å²) in [5, 5.41) is 4.13. The Morgan fingerprint density at radius 1 is 0.882 bits per heavy atom. The molecule has 4 rings (SSSR count). The quantitative estimate of drug-likeness (QED) is 0.404. The molecule has 0 radical (unpaired) electrons. The van der Waals surface area contributed by atoms with Crippen molar-refractivity contribution in [2.45, 2.75) is 19.4 Å². The fourth-order valence-corrected chi connectivity index (χ4v) is 3.05. The molecule has 17 heavy (non-hydrogen) atoms. The van der Waals surface area contributed by atoms with Crippen LogP contribution in [0, 0.1) is 0 Å². The van der Waals surface area contributed by atoms with E-state index in [9.17, 15) is 0 Å². The molecule has 3 aromatic rings. The minimum atomic E-state index is 1.15. The zero-order valence-electron chi connectivity index (χ0n) is 9.69. The van der Waals surface area contributed by atoms with Crippen LogP contribution < -0.4 is 4.57 Å². The average molecular weight is 220 g/mol. The predicted octanol–water partition coefficient (Wildman–Crippen LogP) is 3.23. The van der Waals surface area contributed by atoms with E-state index in [0.717, 1.165) is 6.54 Å². The SMILES string of the molecule is c1ccc2c(c1)c[n+]1c3c(cccc23)CCC1. The van der Waals surface area contributed by atoms with Crippen LogP contribution >= 0.6 is 0 Å². The minimum absolute atomic E-state index is 1.15. The molecule has 1 aliphatic heterocycles.